The lowest BCUT2D eigenvalue weighted by molar-refractivity contribution is 0.404. The van der Waals surface area contributed by atoms with Crippen molar-refractivity contribution in [2.24, 2.45) is 5.92 Å². The van der Waals surface area contributed by atoms with Gasteiger partial charge in [-0.1, -0.05) is 0 Å². The van der Waals surface area contributed by atoms with Crippen LogP contribution in [0.5, 0.6) is 0 Å². The molecule has 0 spiro atoms. The maximum atomic E-state index is 11.4. The van der Waals surface area contributed by atoms with E-state index in [-0.39, 0.29) is 12.0 Å². The fourth-order valence-electron chi connectivity index (χ4n) is 2.21. The largest absolute Gasteiger partial charge is 0.316 e. The molecule has 1 aliphatic heterocycles. The molecule has 0 bridgehead atoms. The average Bonchev–Trinajstić information content (AvgIpc) is 2.83. The van der Waals surface area contributed by atoms with Crippen molar-refractivity contribution in [3.05, 3.63) is 16.6 Å². The van der Waals surface area contributed by atoms with E-state index in [1.807, 2.05) is 18.8 Å². The van der Waals surface area contributed by atoms with Crippen LogP contribution in [0.3, 0.4) is 0 Å². The van der Waals surface area contributed by atoms with Gasteiger partial charge in [-0.05, 0) is 25.8 Å². The van der Waals surface area contributed by atoms with E-state index >= 15 is 0 Å². The lowest BCUT2D eigenvalue weighted by Gasteiger charge is -2.21. The molecule has 1 saturated heterocycles. The molecular formula is C10H16N2O2S2. The van der Waals surface area contributed by atoms with Crippen LogP contribution in [-0.4, -0.2) is 38.0 Å². The molecule has 1 aromatic heterocycles. The van der Waals surface area contributed by atoms with E-state index < -0.39 is 9.84 Å². The van der Waals surface area contributed by atoms with Gasteiger partial charge in [-0.3, -0.25) is 4.98 Å². The third-order valence-corrected chi connectivity index (χ3v) is 5.71. The van der Waals surface area contributed by atoms with Gasteiger partial charge in [0.05, 0.1) is 17.0 Å². The molecule has 1 aromatic rings. The van der Waals surface area contributed by atoms with Crippen LogP contribution in [0.1, 0.15) is 11.3 Å². The van der Waals surface area contributed by atoms with Crippen molar-refractivity contribution in [2.75, 3.05) is 18.6 Å². The summed E-state index contributed by atoms with van der Waals surface area (Å²) < 4.78 is 22.9. The van der Waals surface area contributed by atoms with Crippen molar-refractivity contribution in [3.63, 3.8) is 0 Å². The monoisotopic (exact) mass is 260 g/mol. The highest BCUT2D eigenvalue weighted by Gasteiger charge is 2.33. The predicted molar refractivity (Wildman–Crippen MR) is 65.4 cm³/mol. The van der Waals surface area contributed by atoms with Crippen LogP contribution in [0.15, 0.2) is 11.7 Å². The van der Waals surface area contributed by atoms with Gasteiger partial charge in [0.25, 0.3) is 0 Å². The number of aromatic nitrogens is 1. The Hall–Kier alpha value is -0.460. The maximum Gasteiger partial charge on any atom is 0.150 e. The van der Waals surface area contributed by atoms with Gasteiger partial charge in [0.15, 0.2) is 9.84 Å². The third kappa shape index (κ3) is 2.81. The molecule has 2 atom stereocenters. The summed E-state index contributed by atoms with van der Waals surface area (Å²) in [5, 5.41) is 3.23. The lowest BCUT2D eigenvalue weighted by Crippen LogP contribution is -2.36. The third-order valence-electron chi connectivity index (χ3n) is 3.11. The van der Waals surface area contributed by atoms with Crippen molar-refractivity contribution in [2.45, 2.75) is 18.9 Å². The second-order valence-corrected chi connectivity index (χ2v) is 7.43. The average molecular weight is 260 g/mol. The topological polar surface area (TPSA) is 59.1 Å². The van der Waals surface area contributed by atoms with Gasteiger partial charge in [0.1, 0.15) is 0 Å². The van der Waals surface area contributed by atoms with Crippen molar-refractivity contribution in [1.82, 2.24) is 10.3 Å². The molecule has 2 rings (SSSR count). The van der Waals surface area contributed by atoms with Gasteiger partial charge < -0.3 is 5.32 Å². The number of nitrogens with one attached hydrogen (secondary N) is 1. The molecule has 1 aliphatic rings. The molecule has 90 valence electrons. The molecule has 0 saturated carbocycles. The zero-order chi connectivity index (χ0) is 11.6. The van der Waals surface area contributed by atoms with E-state index in [1.54, 1.807) is 11.3 Å². The Bertz CT molecular complexity index is 428. The van der Waals surface area contributed by atoms with Crippen LogP contribution < -0.4 is 5.32 Å². The zero-order valence-corrected chi connectivity index (χ0v) is 10.9. The fourth-order valence-corrected chi connectivity index (χ4v) is 4.74. The summed E-state index contributed by atoms with van der Waals surface area (Å²) in [6, 6.07) is 0.248. The molecule has 6 heteroatoms. The van der Waals surface area contributed by atoms with E-state index in [1.165, 1.54) is 4.88 Å². The highest BCUT2D eigenvalue weighted by atomic mass is 32.2. The first kappa shape index (κ1) is 12.0. The van der Waals surface area contributed by atoms with Crippen LogP contribution in [0.25, 0.3) is 0 Å². The molecule has 2 heterocycles. The number of nitrogens with zero attached hydrogens (tertiary/aromatic N) is 1. The molecule has 1 N–H and O–H groups in total. The predicted octanol–water partition coefficient (Wildman–Crippen LogP) is 0.708. The Kier molecular flexibility index (Phi) is 3.61. The summed E-state index contributed by atoms with van der Waals surface area (Å²) in [6.07, 6.45) is 3.52. The number of hydrogen-bond donors (Lipinski definition) is 1. The fraction of sp³-hybridized carbons (Fsp3) is 0.700. The maximum absolute atomic E-state index is 11.4. The molecular weight excluding hydrogens is 244 g/mol. The number of thiazole rings is 1. The zero-order valence-electron chi connectivity index (χ0n) is 9.22. The first-order valence-corrected chi connectivity index (χ1v) is 8.06. The van der Waals surface area contributed by atoms with Gasteiger partial charge in [-0.15, -0.1) is 11.3 Å². The number of likely N-dealkylation sites (N-methyl/N-ethyl adjacent to an activating group) is 1. The normalized spacial score (nSPS) is 25.7. The van der Waals surface area contributed by atoms with Gasteiger partial charge in [0.2, 0.25) is 0 Å². The summed E-state index contributed by atoms with van der Waals surface area (Å²) >= 11 is 1.62. The minimum atomic E-state index is -2.78. The molecule has 2 unspecified atom stereocenters. The van der Waals surface area contributed by atoms with E-state index in [9.17, 15) is 8.42 Å². The number of rotatable bonds is 4. The first-order chi connectivity index (χ1) is 7.61. The lowest BCUT2D eigenvalue weighted by atomic mass is 9.96. The second-order valence-electron chi connectivity index (χ2n) is 4.23. The van der Waals surface area contributed by atoms with Crippen LogP contribution in [-0.2, 0) is 16.3 Å². The molecule has 1 fully saturated rings. The van der Waals surface area contributed by atoms with Gasteiger partial charge >= 0.3 is 0 Å². The molecule has 0 amide bonds. The summed E-state index contributed by atoms with van der Waals surface area (Å²) in [7, 11) is -0.882. The van der Waals surface area contributed by atoms with Crippen molar-refractivity contribution >= 4 is 21.2 Å². The van der Waals surface area contributed by atoms with E-state index in [4.69, 9.17) is 0 Å². The van der Waals surface area contributed by atoms with E-state index in [0.29, 0.717) is 11.5 Å². The summed E-state index contributed by atoms with van der Waals surface area (Å²) in [5.41, 5.74) is 1.81. The van der Waals surface area contributed by atoms with Gasteiger partial charge in [0, 0.05) is 17.1 Å². The highest BCUT2D eigenvalue weighted by molar-refractivity contribution is 7.91. The molecule has 16 heavy (non-hydrogen) atoms. The van der Waals surface area contributed by atoms with Crippen molar-refractivity contribution in [1.29, 1.82) is 0 Å². The van der Waals surface area contributed by atoms with Gasteiger partial charge in [-0.25, -0.2) is 8.42 Å². The first-order valence-electron chi connectivity index (χ1n) is 5.36. The minimum Gasteiger partial charge on any atom is -0.316 e. The van der Waals surface area contributed by atoms with Crippen LogP contribution in [0, 0.1) is 5.92 Å². The van der Waals surface area contributed by atoms with Gasteiger partial charge in [-0.2, -0.15) is 0 Å². The number of sulfone groups is 1. The van der Waals surface area contributed by atoms with E-state index in [0.717, 1.165) is 12.8 Å². The summed E-state index contributed by atoms with van der Waals surface area (Å²) in [4.78, 5) is 5.25. The SMILES string of the molecule is CNC(Cc1cncs1)C1CCS(=O)(=O)C1. The Morgan fingerprint density at radius 1 is 1.69 bits per heavy atom. The standard InChI is InChI=1S/C10H16N2O2S2/c1-11-10(4-9-5-12-7-15-9)8-2-3-16(13,14)6-8/h5,7-8,10-11H,2-4,6H2,1H3. The molecule has 0 aliphatic carbocycles. The number of hydrogen-bond acceptors (Lipinski definition) is 5. The van der Waals surface area contributed by atoms with Crippen molar-refractivity contribution in [3.8, 4) is 0 Å². The molecule has 4 nitrogen and oxygen atoms in total. The Morgan fingerprint density at radius 2 is 2.50 bits per heavy atom. The summed E-state index contributed by atoms with van der Waals surface area (Å²) in [6.45, 7) is 0. The molecule has 0 aromatic carbocycles. The Balaban J connectivity index is 2.01. The van der Waals surface area contributed by atoms with Crippen LogP contribution in [0.2, 0.25) is 0 Å². The van der Waals surface area contributed by atoms with E-state index in [2.05, 4.69) is 10.3 Å². The smallest absolute Gasteiger partial charge is 0.150 e. The quantitative estimate of drug-likeness (QED) is 0.866. The Morgan fingerprint density at radius 3 is 3.00 bits per heavy atom. The highest BCUT2D eigenvalue weighted by Crippen LogP contribution is 2.24. The van der Waals surface area contributed by atoms with Crippen LogP contribution >= 0.6 is 11.3 Å². The van der Waals surface area contributed by atoms with Crippen molar-refractivity contribution < 1.29 is 8.42 Å². The van der Waals surface area contributed by atoms with Crippen LogP contribution in [0.4, 0.5) is 0 Å². The molecule has 0 radical (unpaired) electrons. The minimum absolute atomic E-state index is 0.247. The summed E-state index contributed by atoms with van der Waals surface area (Å²) in [5.74, 6) is 0.924. The second kappa shape index (κ2) is 4.81. The Labute approximate surface area is 100 Å².